The van der Waals surface area contributed by atoms with Gasteiger partial charge in [0.25, 0.3) is 0 Å². The number of hydrogen-bond acceptors (Lipinski definition) is 8. The molecule has 2 aromatic heterocycles. The molecule has 1 fully saturated rings. The molecule has 9 heteroatoms. The van der Waals surface area contributed by atoms with Gasteiger partial charge in [0.2, 0.25) is 5.28 Å². The summed E-state index contributed by atoms with van der Waals surface area (Å²) < 4.78 is 16.1. The number of fused-ring (bicyclic) bond motifs is 1. The lowest BCUT2D eigenvalue weighted by Crippen LogP contribution is -2.40. The number of hydrogen-bond donors (Lipinski definition) is 0. The summed E-state index contributed by atoms with van der Waals surface area (Å²) in [6, 6.07) is 5.81. The van der Waals surface area contributed by atoms with Crippen molar-refractivity contribution in [3.05, 3.63) is 28.9 Å². The molecule has 3 heterocycles. The molecule has 0 radical (unpaired) electrons. The van der Waals surface area contributed by atoms with Crippen LogP contribution in [0.2, 0.25) is 5.28 Å². The van der Waals surface area contributed by atoms with Gasteiger partial charge in [0.15, 0.2) is 11.5 Å². The minimum absolute atomic E-state index is 0.158. The highest BCUT2D eigenvalue weighted by atomic mass is 35.5. The van der Waals surface area contributed by atoms with E-state index in [1.165, 1.54) is 11.3 Å². The smallest absolute Gasteiger partial charge is 0.310 e. The number of rotatable bonds is 6. The molecule has 0 spiro atoms. The van der Waals surface area contributed by atoms with Gasteiger partial charge >= 0.3 is 5.97 Å². The van der Waals surface area contributed by atoms with Crippen molar-refractivity contribution in [3.63, 3.8) is 0 Å². The summed E-state index contributed by atoms with van der Waals surface area (Å²) >= 11 is 7.78. The van der Waals surface area contributed by atoms with E-state index < -0.39 is 0 Å². The van der Waals surface area contributed by atoms with E-state index in [4.69, 9.17) is 25.8 Å². The molecule has 1 atom stereocenters. The minimum atomic E-state index is -0.180. The van der Waals surface area contributed by atoms with Crippen molar-refractivity contribution in [2.45, 2.75) is 19.8 Å². The molecule has 0 saturated carbocycles. The van der Waals surface area contributed by atoms with Gasteiger partial charge in [0, 0.05) is 24.0 Å². The van der Waals surface area contributed by atoms with Crippen LogP contribution in [0, 0.1) is 5.92 Å². The lowest BCUT2D eigenvalue weighted by molar-refractivity contribution is -0.148. The second kappa shape index (κ2) is 9.28. The van der Waals surface area contributed by atoms with Crippen molar-refractivity contribution in [2.75, 3.05) is 38.8 Å². The molecule has 1 aliphatic rings. The number of aromatic nitrogens is 2. The highest BCUT2D eigenvalue weighted by Gasteiger charge is 2.30. The maximum absolute atomic E-state index is 12.3. The normalized spacial score (nSPS) is 16.4. The molecule has 31 heavy (non-hydrogen) atoms. The predicted octanol–water partition coefficient (Wildman–Crippen LogP) is 4.81. The average Bonchev–Trinajstić information content (AvgIpc) is 3.22. The number of benzene rings is 1. The second-order valence-electron chi connectivity index (χ2n) is 7.25. The van der Waals surface area contributed by atoms with E-state index >= 15 is 0 Å². The molecule has 1 aliphatic heterocycles. The molecule has 0 aliphatic carbocycles. The van der Waals surface area contributed by atoms with Crippen molar-refractivity contribution in [2.24, 2.45) is 5.92 Å². The van der Waals surface area contributed by atoms with Gasteiger partial charge in [-0.3, -0.25) is 4.79 Å². The van der Waals surface area contributed by atoms with Gasteiger partial charge in [-0.1, -0.05) is 6.07 Å². The number of ether oxygens (including phenoxy) is 3. The van der Waals surface area contributed by atoms with Crippen LogP contribution in [-0.2, 0) is 9.53 Å². The minimum Gasteiger partial charge on any atom is -0.493 e. The Hall–Kier alpha value is -2.58. The lowest BCUT2D eigenvalue weighted by atomic mass is 9.97. The van der Waals surface area contributed by atoms with Crippen LogP contribution < -0.4 is 14.4 Å². The van der Waals surface area contributed by atoms with E-state index in [2.05, 4.69) is 14.9 Å². The van der Waals surface area contributed by atoms with E-state index in [0.29, 0.717) is 24.7 Å². The monoisotopic (exact) mass is 461 g/mol. The molecule has 164 valence electrons. The Morgan fingerprint density at radius 2 is 2.06 bits per heavy atom. The van der Waals surface area contributed by atoms with Crippen LogP contribution in [0.5, 0.6) is 11.5 Å². The molecule has 1 aromatic carbocycles. The molecular formula is C22H24ClN3O4S. The zero-order chi connectivity index (χ0) is 22.0. The van der Waals surface area contributed by atoms with E-state index in [0.717, 1.165) is 46.5 Å². The summed E-state index contributed by atoms with van der Waals surface area (Å²) in [6.45, 7) is 3.54. The van der Waals surface area contributed by atoms with Gasteiger partial charge in [-0.05, 0) is 49.1 Å². The predicted molar refractivity (Wildman–Crippen MR) is 123 cm³/mol. The Kier molecular flexibility index (Phi) is 6.48. The van der Waals surface area contributed by atoms with Crippen molar-refractivity contribution < 1.29 is 19.0 Å². The number of carbonyl (C=O) groups excluding carboxylic acids is 1. The Morgan fingerprint density at radius 1 is 1.26 bits per heavy atom. The summed E-state index contributed by atoms with van der Waals surface area (Å²) in [5.41, 5.74) is 1.96. The number of thiophene rings is 1. The van der Waals surface area contributed by atoms with Crippen molar-refractivity contribution in [1.29, 1.82) is 0 Å². The number of esters is 1. The summed E-state index contributed by atoms with van der Waals surface area (Å²) in [5.74, 6) is 1.72. The van der Waals surface area contributed by atoms with Crippen LogP contribution in [0.25, 0.3) is 21.3 Å². The summed E-state index contributed by atoms with van der Waals surface area (Å²) in [5, 5.41) is 3.17. The maximum Gasteiger partial charge on any atom is 0.310 e. The van der Waals surface area contributed by atoms with Crippen LogP contribution in [0.15, 0.2) is 23.6 Å². The fraction of sp³-hybridized carbons (Fsp3) is 0.409. The van der Waals surface area contributed by atoms with E-state index in [9.17, 15) is 4.79 Å². The molecule has 0 amide bonds. The van der Waals surface area contributed by atoms with Crippen LogP contribution in [0.1, 0.15) is 19.8 Å². The highest BCUT2D eigenvalue weighted by Crippen LogP contribution is 2.42. The van der Waals surface area contributed by atoms with Crippen LogP contribution >= 0.6 is 22.9 Å². The van der Waals surface area contributed by atoms with Gasteiger partial charge in [0.05, 0.1) is 32.1 Å². The van der Waals surface area contributed by atoms with Gasteiger partial charge in [-0.15, -0.1) is 11.3 Å². The summed E-state index contributed by atoms with van der Waals surface area (Å²) in [6.07, 6.45) is 1.69. The average molecular weight is 462 g/mol. The molecule has 3 aromatic rings. The van der Waals surface area contributed by atoms with Crippen LogP contribution in [-0.4, -0.2) is 49.9 Å². The molecule has 1 saturated heterocycles. The van der Waals surface area contributed by atoms with Gasteiger partial charge in [-0.2, -0.15) is 4.98 Å². The first-order chi connectivity index (χ1) is 15.0. The van der Waals surface area contributed by atoms with Gasteiger partial charge in [0.1, 0.15) is 10.6 Å². The molecular weight excluding hydrogens is 438 g/mol. The number of methoxy groups -OCH3 is 2. The maximum atomic E-state index is 12.3. The fourth-order valence-corrected chi connectivity index (χ4v) is 5.12. The molecule has 4 rings (SSSR count). The zero-order valence-corrected chi connectivity index (χ0v) is 19.3. The third-order valence-electron chi connectivity index (χ3n) is 5.42. The van der Waals surface area contributed by atoms with E-state index in [1.54, 1.807) is 14.2 Å². The Morgan fingerprint density at radius 3 is 2.81 bits per heavy atom. The standard InChI is InChI=1S/C22H24ClN3O4S/c1-4-30-21(27)14-6-5-9-26(11-14)19-18-15(12-31-20(18)25-22(23)24-19)13-7-8-16(28-2)17(10-13)29-3/h7-8,10,12,14H,4-6,9,11H2,1-3H3. The van der Waals surface area contributed by atoms with E-state index in [-0.39, 0.29) is 17.2 Å². The Bertz CT molecular complexity index is 1100. The summed E-state index contributed by atoms with van der Waals surface area (Å²) in [7, 11) is 3.23. The van der Waals surface area contributed by atoms with Crippen LogP contribution in [0.3, 0.4) is 0 Å². The third kappa shape index (κ3) is 4.27. The van der Waals surface area contributed by atoms with Gasteiger partial charge in [-0.25, -0.2) is 4.98 Å². The largest absolute Gasteiger partial charge is 0.493 e. The van der Waals surface area contributed by atoms with E-state index in [1.807, 2.05) is 30.5 Å². The number of halogens is 1. The lowest BCUT2D eigenvalue weighted by Gasteiger charge is -2.33. The van der Waals surface area contributed by atoms with Crippen molar-refractivity contribution >= 4 is 44.9 Å². The number of anilines is 1. The zero-order valence-electron chi connectivity index (χ0n) is 17.7. The molecule has 1 unspecified atom stereocenters. The first-order valence-electron chi connectivity index (χ1n) is 10.1. The highest BCUT2D eigenvalue weighted by molar-refractivity contribution is 7.17. The SMILES string of the molecule is CCOC(=O)C1CCCN(c2nc(Cl)nc3scc(-c4ccc(OC)c(OC)c4)c23)C1. The second-order valence-corrected chi connectivity index (χ2v) is 8.45. The number of nitrogens with zero attached hydrogens (tertiary/aromatic N) is 3. The van der Waals surface area contributed by atoms with Crippen molar-refractivity contribution in [1.82, 2.24) is 9.97 Å². The Balaban J connectivity index is 1.78. The number of carbonyl (C=O) groups is 1. The fourth-order valence-electron chi connectivity index (χ4n) is 3.97. The first-order valence-corrected chi connectivity index (χ1v) is 11.4. The third-order valence-corrected chi connectivity index (χ3v) is 6.46. The van der Waals surface area contributed by atoms with Crippen molar-refractivity contribution in [3.8, 4) is 22.6 Å². The molecule has 7 nitrogen and oxygen atoms in total. The number of piperidine rings is 1. The molecule has 0 bridgehead atoms. The topological polar surface area (TPSA) is 73.8 Å². The quantitative estimate of drug-likeness (QED) is 0.385. The summed E-state index contributed by atoms with van der Waals surface area (Å²) in [4.78, 5) is 24.3. The first kappa shape index (κ1) is 21.6. The van der Waals surface area contributed by atoms with Gasteiger partial charge < -0.3 is 19.1 Å². The molecule has 0 N–H and O–H groups in total. The Labute approximate surface area is 189 Å². The van der Waals surface area contributed by atoms with Crippen LogP contribution in [0.4, 0.5) is 5.82 Å².